The monoisotopic (exact) mass is 245 g/mol. The predicted octanol–water partition coefficient (Wildman–Crippen LogP) is 2.82. The second-order valence-electron chi connectivity index (χ2n) is 4.35. The summed E-state index contributed by atoms with van der Waals surface area (Å²) in [4.78, 5) is 0. The zero-order valence-electron chi connectivity index (χ0n) is 10.0. The van der Waals surface area contributed by atoms with Crippen molar-refractivity contribution in [2.75, 3.05) is 6.54 Å². The van der Waals surface area contributed by atoms with Gasteiger partial charge < -0.3 is 10.8 Å². The minimum atomic E-state index is -0.229. The van der Waals surface area contributed by atoms with Crippen LogP contribution in [-0.4, -0.2) is 11.7 Å². The minimum absolute atomic E-state index is 0.177. The third kappa shape index (κ3) is 3.08. The highest BCUT2D eigenvalue weighted by Crippen LogP contribution is 2.22. The first-order valence-electron chi connectivity index (χ1n) is 5.92. The Morgan fingerprint density at radius 1 is 1.00 bits per heavy atom. The molecule has 18 heavy (non-hydrogen) atoms. The first-order valence-corrected chi connectivity index (χ1v) is 5.92. The molecule has 3 N–H and O–H groups in total. The quantitative estimate of drug-likeness (QED) is 0.870. The third-order valence-electron chi connectivity index (χ3n) is 3.04. The zero-order chi connectivity index (χ0) is 13.0. The summed E-state index contributed by atoms with van der Waals surface area (Å²) in [5, 5.41) is 9.26. The van der Waals surface area contributed by atoms with Crippen molar-refractivity contribution in [3.05, 3.63) is 65.5 Å². The Bertz CT molecular complexity index is 493. The van der Waals surface area contributed by atoms with Crippen molar-refractivity contribution in [1.29, 1.82) is 0 Å². The van der Waals surface area contributed by atoms with Crippen LogP contribution in [0.2, 0.25) is 0 Å². The van der Waals surface area contributed by atoms with Gasteiger partial charge in [0.2, 0.25) is 0 Å². The molecule has 0 saturated heterocycles. The van der Waals surface area contributed by atoms with Crippen LogP contribution in [0.3, 0.4) is 0 Å². The zero-order valence-corrected chi connectivity index (χ0v) is 10.0. The van der Waals surface area contributed by atoms with E-state index in [4.69, 9.17) is 5.73 Å². The van der Waals surface area contributed by atoms with E-state index in [2.05, 4.69) is 0 Å². The van der Waals surface area contributed by atoms with Crippen molar-refractivity contribution in [2.45, 2.75) is 12.3 Å². The average molecular weight is 245 g/mol. The second-order valence-corrected chi connectivity index (χ2v) is 4.35. The summed E-state index contributed by atoms with van der Waals surface area (Å²) in [5.74, 6) is 0.194. The number of rotatable bonds is 4. The Labute approximate surface area is 106 Å². The summed E-state index contributed by atoms with van der Waals surface area (Å²) >= 11 is 0. The van der Waals surface area contributed by atoms with Crippen molar-refractivity contribution >= 4 is 0 Å². The van der Waals surface area contributed by atoms with Gasteiger partial charge in [-0.1, -0.05) is 24.3 Å². The van der Waals surface area contributed by atoms with Crippen LogP contribution in [0.15, 0.2) is 48.5 Å². The molecule has 0 heterocycles. The highest BCUT2D eigenvalue weighted by atomic mass is 19.1. The van der Waals surface area contributed by atoms with Crippen LogP contribution in [-0.2, 0) is 6.42 Å². The molecule has 0 amide bonds. The first kappa shape index (κ1) is 12.6. The van der Waals surface area contributed by atoms with E-state index < -0.39 is 0 Å². The standard InChI is InChI=1S/C15H16FNO/c16-14-5-1-11(2-6-14)9-13(10-17)12-3-7-15(18)8-4-12/h1-8,13,18H,9-10,17H2. The summed E-state index contributed by atoms with van der Waals surface area (Å²) in [5.41, 5.74) is 7.92. The van der Waals surface area contributed by atoms with Crippen LogP contribution < -0.4 is 5.73 Å². The van der Waals surface area contributed by atoms with Gasteiger partial charge in [0.05, 0.1) is 0 Å². The SMILES string of the molecule is NCC(Cc1ccc(F)cc1)c1ccc(O)cc1. The highest BCUT2D eigenvalue weighted by molar-refractivity contribution is 5.30. The summed E-state index contributed by atoms with van der Waals surface area (Å²) in [6.45, 7) is 0.516. The smallest absolute Gasteiger partial charge is 0.123 e. The summed E-state index contributed by atoms with van der Waals surface area (Å²) in [7, 11) is 0. The molecule has 0 spiro atoms. The van der Waals surface area contributed by atoms with Gasteiger partial charge in [-0.15, -0.1) is 0 Å². The van der Waals surface area contributed by atoms with Crippen LogP contribution >= 0.6 is 0 Å². The maximum absolute atomic E-state index is 12.8. The molecule has 94 valence electrons. The number of hydrogen-bond acceptors (Lipinski definition) is 2. The van der Waals surface area contributed by atoms with Gasteiger partial charge in [-0.25, -0.2) is 4.39 Å². The number of hydrogen-bond donors (Lipinski definition) is 2. The van der Waals surface area contributed by atoms with E-state index in [0.29, 0.717) is 6.54 Å². The predicted molar refractivity (Wildman–Crippen MR) is 70.0 cm³/mol. The first-order chi connectivity index (χ1) is 8.69. The van der Waals surface area contributed by atoms with Crippen molar-refractivity contribution in [1.82, 2.24) is 0 Å². The highest BCUT2D eigenvalue weighted by Gasteiger charge is 2.10. The van der Waals surface area contributed by atoms with E-state index in [0.717, 1.165) is 17.5 Å². The molecule has 2 nitrogen and oxygen atoms in total. The van der Waals surface area contributed by atoms with Crippen LogP contribution in [0.1, 0.15) is 17.0 Å². The molecule has 0 saturated carbocycles. The second kappa shape index (κ2) is 5.65. The van der Waals surface area contributed by atoms with Gasteiger partial charge in [0, 0.05) is 5.92 Å². The van der Waals surface area contributed by atoms with Crippen LogP contribution in [0.25, 0.3) is 0 Å². The Hall–Kier alpha value is -1.87. The van der Waals surface area contributed by atoms with Gasteiger partial charge in [0.1, 0.15) is 11.6 Å². The van der Waals surface area contributed by atoms with Gasteiger partial charge >= 0.3 is 0 Å². The fraction of sp³-hybridized carbons (Fsp3) is 0.200. The Morgan fingerprint density at radius 2 is 1.61 bits per heavy atom. The normalized spacial score (nSPS) is 12.3. The molecule has 1 atom stereocenters. The Balaban J connectivity index is 2.14. The van der Waals surface area contributed by atoms with Crippen LogP contribution in [0, 0.1) is 5.82 Å². The lowest BCUT2D eigenvalue weighted by Gasteiger charge is -2.15. The number of phenols is 1. The molecule has 3 heteroatoms. The minimum Gasteiger partial charge on any atom is -0.508 e. The lowest BCUT2D eigenvalue weighted by Crippen LogP contribution is -2.14. The van der Waals surface area contributed by atoms with E-state index in [1.807, 2.05) is 12.1 Å². The molecule has 2 aromatic rings. The van der Waals surface area contributed by atoms with Gasteiger partial charge in [-0.3, -0.25) is 0 Å². The summed E-state index contributed by atoms with van der Waals surface area (Å²) < 4.78 is 12.8. The lowest BCUT2D eigenvalue weighted by atomic mass is 9.92. The lowest BCUT2D eigenvalue weighted by molar-refractivity contribution is 0.475. The molecular weight excluding hydrogens is 229 g/mol. The van der Waals surface area contributed by atoms with Gasteiger partial charge in [0.25, 0.3) is 0 Å². The Kier molecular flexibility index (Phi) is 3.95. The summed E-state index contributed by atoms with van der Waals surface area (Å²) in [6.07, 6.45) is 0.765. The molecule has 2 rings (SSSR count). The number of phenolic OH excluding ortho intramolecular Hbond substituents is 1. The molecule has 1 unspecified atom stereocenters. The number of halogens is 1. The van der Waals surface area contributed by atoms with Crippen molar-refractivity contribution < 1.29 is 9.50 Å². The largest absolute Gasteiger partial charge is 0.508 e. The Morgan fingerprint density at radius 3 is 2.17 bits per heavy atom. The molecule has 2 aromatic carbocycles. The molecule has 0 aliphatic carbocycles. The molecule has 0 aliphatic heterocycles. The molecule has 0 aromatic heterocycles. The van der Waals surface area contributed by atoms with Crippen molar-refractivity contribution in [2.24, 2.45) is 5.73 Å². The molecule has 0 radical (unpaired) electrons. The summed E-state index contributed by atoms with van der Waals surface area (Å²) in [6, 6.07) is 13.5. The molecule has 0 aliphatic rings. The van der Waals surface area contributed by atoms with Gasteiger partial charge in [0.15, 0.2) is 0 Å². The topological polar surface area (TPSA) is 46.2 Å². The fourth-order valence-corrected chi connectivity index (χ4v) is 1.99. The van der Waals surface area contributed by atoms with E-state index in [1.165, 1.54) is 12.1 Å². The van der Waals surface area contributed by atoms with E-state index in [9.17, 15) is 9.50 Å². The maximum atomic E-state index is 12.8. The molecule has 0 fully saturated rings. The number of aromatic hydroxyl groups is 1. The van der Waals surface area contributed by atoms with Crippen LogP contribution in [0.5, 0.6) is 5.75 Å². The third-order valence-corrected chi connectivity index (χ3v) is 3.04. The molecule has 0 bridgehead atoms. The average Bonchev–Trinajstić information content (AvgIpc) is 2.39. The van der Waals surface area contributed by atoms with Crippen LogP contribution in [0.4, 0.5) is 4.39 Å². The number of nitrogens with two attached hydrogens (primary N) is 1. The number of benzene rings is 2. The fourth-order valence-electron chi connectivity index (χ4n) is 1.99. The van der Waals surface area contributed by atoms with Crippen molar-refractivity contribution in [3.8, 4) is 5.75 Å². The van der Waals surface area contributed by atoms with Crippen molar-refractivity contribution in [3.63, 3.8) is 0 Å². The van der Waals surface area contributed by atoms with Gasteiger partial charge in [-0.05, 0) is 48.4 Å². The van der Waals surface area contributed by atoms with E-state index in [1.54, 1.807) is 24.3 Å². The van der Waals surface area contributed by atoms with Gasteiger partial charge in [-0.2, -0.15) is 0 Å². The van der Waals surface area contributed by atoms with E-state index >= 15 is 0 Å². The maximum Gasteiger partial charge on any atom is 0.123 e. The molecular formula is C15H16FNO. The van der Waals surface area contributed by atoms with E-state index in [-0.39, 0.29) is 17.5 Å².